The number of imidazole rings is 1. The lowest BCUT2D eigenvalue weighted by molar-refractivity contribution is -0.130. The number of unbranched alkanes of at least 4 members (excludes halogenated alkanes) is 1. The summed E-state index contributed by atoms with van der Waals surface area (Å²) in [7, 11) is 3.57. The van der Waals surface area contributed by atoms with Crippen molar-refractivity contribution in [1.29, 1.82) is 0 Å². The fourth-order valence-electron chi connectivity index (χ4n) is 2.12. The first-order valence-electron chi connectivity index (χ1n) is 6.49. The van der Waals surface area contributed by atoms with Crippen LogP contribution in [0.15, 0.2) is 24.5 Å². The first-order valence-corrected chi connectivity index (χ1v) is 6.49. The second-order valence-corrected chi connectivity index (χ2v) is 4.89. The molecule has 0 saturated carbocycles. The highest BCUT2D eigenvalue weighted by molar-refractivity contribution is 5.76. The second kappa shape index (κ2) is 5.84. The molecule has 0 aliphatic carbocycles. The van der Waals surface area contributed by atoms with Gasteiger partial charge in [-0.25, -0.2) is 10.8 Å². The Morgan fingerprint density at radius 3 is 2.95 bits per heavy atom. The molecule has 2 aromatic rings. The second-order valence-electron chi connectivity index (χ2n) is 4.89. The smallest absolute Gasteiger partial charge is 0.236 e. The summed E-state index contributed by atoms with van der Waals surface area (Å²) in [6, 6.07) is 6.34. The summed E-state index contributed by atoms with van der Waals surface area (Å²) in [5.74, 6) is 5.35. The zero-order valence-electron chi connectivity index (χ0n) is 11.5. The first kappa shape index (κ1) is 13.5. The molecule has 0 atom stereocenters. The quantitative estimate of drug-likeness (QED) is 0.384. The van der Waals surface area contributed by atoms with Gasteiger partial charge in [0, 0.05) is 20.5 Å². The van der Waals surface area contributed by atoms with Gasteiger partial charge in [-0.15, -0.1) is 0 Å². The largest absolute Gasteiger partial charge is 0.334 e. The van der Waals surface area contributed by atoms with E-state index in [2.05, 4.69) is 23.2 Å². The number of fused-ring (bicyclic) bond motifs is 1. The molecule has 0 spiro atoms. The monoisotopic (exact) mass is 260 g/mol. The number of aromatic nitrogens is 2. The van der Waals surface area contributed by atoms with Crippen LogP contribution in [0, 0.1) is 0 Å². The Labute approximate surface area is 113 Å². The van der Waals surface area contributed by atoms with Crippen LogP contribution in [0.4, 0.5) is 0 Å². The maximum absolute atomic E-state index is 11.3. The van der Waals surface area contributed by atoms with E-state index < -0.39 is 0 Å². The van der Waals surface area contributed by atoms with E-state index in [9.17, 15) is 4.79 Å². The van der Waals surface area contributed by atoms with Crippen LogP contribution in [0.2, 0.25) is 0 Å². The molecule has 102 valence electrons. The van der Waals surface area contributed by atoms with Crippen LogP contribution in [0.25, 0.3) is 11.0 Å². The van der Waals surface area contributed by atoms with Crippen molar-refractivity contribution in [2.45, 2.75) is 25.7 Å². The van der Waals surface area contributed by atoms with Gasteiger partial charge in [0.25, 0.3) is 0 Å². The van der Waals surface area contributed by atoms with Gasteiger partial charge in [-0.2, -0.15) is 0 Å². The molecular formula is C14H20N4O. The van der Waals surface area contributed by atoms with Gasteiger partial charge in [0.2, 0.25) is 5.91 Å². The molecule has 0 aliphatic heterocycles. The fourth-order valence-corrected chi connectivity index (χ4v) is 2.12. The summed E-state index contributed by atoms with van der Waals surface area (Å²) in [6.45, 7) is 0. The van der Waals surface area contributed by atoms with Crippen molar-refractivity contribution < 1.29 is 4.79 Å². The number of nitrogens with zero attached hydrogens (tertiary/aromatic N) is 3. The number of aryl methyl sites for hydroxylation is 2. The van der Waals surface area contributed by atoms with Crippen LogP contribution in [0.5, 0.6) is 0 Å². The Morgan fingerprint density at radius 1 is 1.42 bits per heavy atom. The molecule has 2 N–H and O–H groups in total. The SMILES string of the molecule is CN(N)C(=O)CCCCc1ccc2c(c1)ncn2C. The number of nitrogens with two attached hydrogens (primary N) is 1. The summed E-state index contributed by atoms with van der Waals surface area (Å²) < 4.78 is 2.01. The Balaban J connectivity index is 1.86. The topological polar surface area (TPSA) is 64.2 Å². The van der Waals surface area contributed by atoms with Gasteiger partial charge in [0.1, 0.15) is 0 Å². The van der Waals surface area contributed by atoms with Crippen molar-refractivity contribution in [3.8, 4) is 0 Å². The molecular weight excluding hydrogens is 240 g/mol. The Morgan fingerprint density at radius 2 is 2.21 bits per heavy atom. The van der Waals surface area contributed by atoms with Gasteiger partial charge >= 0.3 is 0 Å². The van der Waals surface area contributed by atoms with Crippen LogP contribution < -0.4 is 5.84 Å². The number of hydrogen-bond donors (Lipinski definition) is 1. The molecule has 5 heteroatoms. The summed E-state index contributed by atoms with van der Waals surface area (Å²) >= 11 is 0. The van der Waals surface area contributed by atoms with E-state index >= 15 is 0 Å². The molecule has 0 fully saturated rings. The maximum Gasteiger partial charge on any atom is 0.236 e. The Kier molecular flexibility index (Phi) is 4.16. The summed E-state index contributed by atoms with van der Waals surface area (Å²) in [6.07, 6.45) is 5.15. The summed E-state index contributed by atoms with van der Waals surface area (Å²) in [5, 5.41) is 1.15. The third-order valence-corrected chi connectivity index (χ3v) is 3.29. The van der Waals surface area contributed by atoms with Gasteiger partial charge in [0.05, 0.1) is 17.4 Å². The third-order valence-electron chi connectivity index (χ3n) is 3.29. The molecule has 0 bridgehead atoms. The number of hydrogen-bond acceptors (Lipinski definition) is 3. The van der Waals surface area contributed by atoms with Crippen LogP contribution >= 0.6 is 0 Å². The number of benzene rings is 1. The van der Waals surface area contributed by atoms with Gasteiger partial charge in [0.15, 0.2) is 0 Å². The molecule has 1 amide bonds. The summed E-state index contributed by atoms with van der Waals surface area (Å²) in [5.41, 5.74) is 3.43. The number of carbonyl (C=O) groups is 1. The van der Waals surface area contributed by atoms with Gasteiger partial charge < -0.3 is 4.57 Å². The highest BCUT2D eigenvalue weighted by atomic mass is 16.2. The molecule has 0 saturated heterocycles. The predicted molar refractivity (Wildman–Crippen MR) is 75.2 cm³/mol. The Hall–Kier alpha value is -1.88. The van der Waals surface area contributed by atoms with Crippen LogP contribution in [0.3, 0.4) is 0 Å². The van der Waals surface area contributed by atoms with Gasteiger partial charge in [-0.1, -0.05) is 6.07 Å². The van der Waals surface area contributed by atoms with Crippen LogP contribution in [0.1, 0.15) is 24.8 Å². The molecule has 1 aromatic carbocycles. The zero-order chi connectivity index (χ0) is 13.8. The van der Waals surface area contributed by atoms with E-state index in [0.717, 1.165) is 35.3 Å². The lowest BCUT2D eigenvalue weighted by atomic mass is 10.1. The molecule has 0 aliphatic rings. The minimum absolute atomic E-state index is 0.0137. The first-order chi connectivity index (χ1) is 9.08. The lowest BCUT2D eigenvalue weighted by Gasteiger charge is -2.09. The average Bonchev–Trinajstić information content (AvgIpc) is 2.75. The normalized spacial score (nSPS) is 10.9. The van der Waals surface area contributed by atoms with E-state index in [1.165, 1.54) is 5.56 Å². The highest BCUT2D eigenvalue weighted by Crippen LogP contribution is 2.15. The van der Waals surface area contributed by atoms with Crippen molar-refractivity contribution in [3.05, 3.63) is 30.1 Å². The number of amides is 1. The summed E-state index contributed by atoms with van der Waals surface area (Å²) in [4.78, 5) is 15.7. The lowest BCUT2D eigenvalue weighted by Crippen LogP contribution is -2.32. The standard InChI is InChI=1S/C14H20N4O/c1-17-10-16-12-9-11(7-8-13(12)17)5-3-4-6-14(19)18(2)15/h7-10H,3-6,15H2,1-2H3. The number of rotatable bonds is 5. The Bertz CT molecular complexity index is 574. The van der Waals surface area contributed by atoms with Crippen molar-refractivity contribution in [2.24, 2.45) is 12.9 Å². The fraction of sp³-hybridized carbons (Fsp3) is 0.429. The molecule has 5 nitrogen and oxygen atoms in total. The van der Waals surface area contributed by atoms with Crippen molar-refractivity contribution in [1.82, 2.24) is 14.6 Å². The van der Waals surface area contributed by atoms with E-state index in [-0.39, 0.29) is 5.91 Å². The maximum atomic E-state index is 11.3. The van der Waals surface area contributed by atoms with Crippen molar-refractivity contribution in [3.63, 3.8) is 0 Å². The molecule has 0 unspecified atom stereocenters. The van der Waals surface area contributed by atoms with Crippen molar-refractivity contribution in [2.75, 3.05) is 7.05 Å². The minimum Gasteiger partial charge on any atom is -0.334 e. The third kappa shape index (κ3) is 3.32. The number of carbonyl (C=O) groups excluding carboxylic acids is 1. The predicted octanol–water partition coefficient (Wildman–Crippen LogP) is 1.62. The molecule has 1 heterocycles. The van der Waals surface area contributed by atoms with Gasteiger partial charge in [-0.3, -0.25) is 9.80 Å². The molecule has 0 radical (unpaired) electrons. The average molecular weight is 260 g/mol. The van der Waals surface area contributed by atoms with Crippen molar-refractivity contribution >= 4 is 16.9 Å². The molecule has 1 aromatic heterocycles. The van der Waals surface area contributed by atoms with E-state index in [1.54, 1.807) is 7.05 Å². The van der Waals surface area contributed by atoms with E-state index in [0.29, 0.717) is 6.42 Å². The van der Waals surface area contributed by atoms with Crippen LogP contribution in [-0.2, 0) is 18.3 Å². The molecule has 2 rings (SSSR count). The van der Waals surface area contributed by atoms with E-state index in [4.69, 9.17) is 5.84 Å². The zero-order valence-corrected chi connectivity index (χ0v) is 11.5. The molecule has 19 heavy (non-hydrogen) atoms. The minimum atomic E-state index is -0.0137. The highest BCUT2D eigenvalue weighted by Gasteiger charge is 2.05. The van der Waals surface area contributed by atoms with Gasteiger partial charge in [-0.05, 0) is 37.0 Å². The van der Waals surface area contributed by atoms with E-state index in [1.807, 2.05) is 17.9 Å². The van der Waals surface area contributed by atoms with Crippen LogP contribution in [-0.4, -0.2) is 27.5 Å². The number of hydrazine groups is 1.